The molecule has 18 heavy (non-hydrogen) atoms. The van der Waals surface area contributed by atoms with Gasteiger partial charge in [0.05, 0.1) is 12.7 Å². The zero-order chi connectivity index (χ0) is 13.1. The number of morpholine rings is 1. The van der Waals surface area contributed by atoms with Gasteiger partial charge in [-0.25, -0.2) is 4.39 Å². The smallest absolute Gasteiger partial charge is 0.126 e. The minimum Gasteiger partial charge on any atom is -0.376 e. The summed E-state index contributed by atoms with van der Waals surface area (Å²) in [5, 5.41) is 0. The molecule has 0 radical (unpaired) electrons. The summed E-state index contributed by atoms with van der Waals surface area (Å²) < 4.78 is 18.8. The quantitative estimate of drug-likeness (QED) is 0.892. The first-order valence-electron chi connectivity index (χ1n) is 6.43. The summed E-state index contributed by atoms with van der Waals surface area (Å²) in [5.74, 6) is -0.162. The summed E-state index contributed by atoms with van der Waals surface area (Å²) in [6.07, 6.45) is 0.231. The second-order valence-corrected chi connectivity index (χ2v) is 4.94. The average molecular weight is 252 g/mol. The van der Waals surface area contributed by atoms with E-state index in [0.29, 0.717) is 12.1 Å². The maximum absolute atomic E-state index is 13.3. The molecule has 1 aromatic rings. The van der Waals surface area contributed by atoms with Crippen LogP contribution < -0.4 is 5.73 Å². The maximum Gasteiger partial charge on any atom is 0.126 e. The van der Waals surface area contributed by atoms with E-state index in [1.165, 1.54) is 6.07 Å². The Morgan fingerprint density at radius 2 is 2.33 bits per heavy atom. The van der Waals surface area contributed by atoms with Crippen LogP contribution in [0.1, 0.15) is 24.1 Å². The van der Waals surface area contributed by atoms with Gasteiger partial charge in [0.1, 0.15) is 5.82 Å². The summed E-state index contributed by atoms with van der Waals surface area (Å²) in [4.78, 5) is 2.32. The first kappa shape index (κ1) is 13.5. The largest absolute Gasteiger partial charge is 0.376 e. The second kappa shape index (κ2) is 5.78. The molecule has 1 fully saturated rings. The number of rotatable bonds is 3. The Balaban J connectivity index is 2.18. The van der Waals surface area contributed by atoms with Gasteiger partial charge in [-0.1, -0.05) is 12.1 Å². The third kappa shape index (κ3) is 2.88. The van der Waals surface area contributed by atoms with Crippen molar-refractivity contribution in [3.05, 3.63) is 35.1 Å². The van der Waals surface area contributed by atoms with E-state index in [2.05, 4.69) is 11.8 Å². The van der Waals surface area contributed by atoms with Gasteiger partial charge in [0.25, 0.3) is 0 Å². The fraction of sp³-hybridized carbons (Fsp3) is 0.571. The molecular formula is C14H21FN2O. The molecule has 0 aromatic heterocycles. The van der Waals surface area contributed by atoms with Crippen molar-refractivity contribution in [2.75, 3.05) is 26.2 Å². The van der Waals surface area contributed by atoms with Gasteiger partial charge in [-0.3, -0.25) is 4.90 Å². The van der Waals surface area contributed by atoms with Crippen LogP contribution >= 0.6 is 0 Å². The molecule has 1 aliphatic rings. The van der Waals surface area contributed by atoms with Gasteiger partial charge in [0.2, 0.25) is 0 Å². The lowest BCUT2D eigenvalue weighted by atomic mass is 10.0. The monoisotopic (exact) mass is 252 g/mol. The molecule has 2 unspecified atom stereocenters. The summed E-state index contributed by atoms with van der Waals surface area (Å²) in [7, 11) is 0. The maximum atomic E-state index is 13.3. The van der Waals surface area contributed by atoms with Crippen LogP contribution in [-0.4, -0.2) is 37.2 Å². The Kier molecular flexibility index (Phi) is 4.32. The summed E-state index contributed by atoms with van der Waals surface area (Å²) in [6, 6.07) is 5.40. The zero-order valence-corrected chi connectivity index (χ0v) is 11.0. The standard InChI is InChI=1S/C14H21FN2O/c1-10-7-12(3-4-13(10)15)14(8-16)17-5-6-18-11(2)9-17/h3-4,7,11,14H,5-6,8-9,16H2,1-2H3. The van der Waals surface area contributed by atoms with Crippen LogP contribution in [0.15, 0.2) is 18.2 Å². The van der Waals surface area contributed by atoms with Crippen LogP contribution in [0.2, 0.25) is 0 Å². The Labute approximate surface area is 108 Å². The zero-order valence-electron chi connectivity index (χ0n) is 11.0. The highest BCUT2D eigenvalue weighted by Crippen LogP contribution is 2.23. The topological polar surface area (TPSA) is 38.5 Å². The Hall–Kier alpha value is -0.970. The number of aryl methyl sites for hydroxylation is 1. The lowest BCUT2D eigenvalue weighted by Gasteiger charge is -2.37. The lowest BCUT2D eigenvalue weighted by Crippen LogP contribution is -2.45. The van der Waals surface area contributed by atoms with E-state index >= 15 is 0 Å². The van der Waals surface area contributed by atoms with E-state index < -0.39 is 0 Å². The van der Waals surface area contributed by atoms with Crippen molar-refractivity contribution in [2.45, 2.75) is 26.0 Å². The molecule has 1 aromatic carbocycles. The fourth-order valence-electron chi connectivity index (χ4n) is 2.50. The number of nitrogens with two attached hydrogens (primary N) is 1. The van der Waals surface area contributed by atoms with Gasteiger partial charge in [-0.05, 0) is 31.0 Å². The predicted octanol–water partition coefficient (Wildman–Crippen LogP) is 1.85. The van der Waals surface area contributed by atoms with Gasteiger partial charge in [0.15, 0.2) is 0 Å². The van der Waals surface area contributed by atoms with E-state index in [0.717, 1.165) is 25.3 Å². The normalized spacial score (nSPS) is 23.0. The Morgan fingerprint density at radius 3 is 2.94 bits per heavy atom. The van der Waals surface area contributed by atoms with Gasteiger partial charge in [-0.2, -0.15) is 0 Å². The number of nitrogens with zero attached hydrogens (tertiary/aromatic N) is 1. The third-order valence-corrected chi connectivity index (χ3v) is 3.50. The van der Waals surface area contributed by atoms with Crippen LogP contribution in [0.25, 0.3) is 0 Å². The van der Waals surface area contributed by atoms with Gasteiger partial charge in [0, 0.05) is 25.7 Å². The molecule has 0 spiro atoms. The molecule has 0 bridgehead atoms. The van der Waals surface area contributed by atoms with Gasteiger partial charge < -0.3 is 10.5 Å². The molecule has 2 N–H and O–H groups in total. The first-order valence-corrected chi connectivity index (χ1v) is 6.43. The van der Waals surface area contributed by atoms with Gasteiger partial charge >= 0.3 is 0 Å². The molecule has 0 amide bonds. The molecule has 2 atom stereocenters. The van der Waals surface area contributed by atoms with Crippen LogP contribution in [0.4, 0.5) is 4.39 Å². The van der Waals surface area contributed by atoms with Crippen LogP contribution in [0.5, 0.6) is 0 Å². The summed E-state index contributed by atoms with van der Waals surface area (Å²) in [5.41, 5.74) is 7.65. The van der Waals surface area contributed by atoms with Crippen LogP contribution in [0, 0.1) is 12.7 Å². The molecule has 1 aliphatic heterocycles. The van der Waals surface area contributed by atoms with Crippen molar-refractivity contribution < 1.29 is 9.13 Å². The van der Waals surface area contributed by atoms with E-state index in [-0.39, 0.29) is 18.0 Å². The Morgan fingerprint density at radius 1 is 1.56 bits per heavy atom. The van der Waals surface area contributed by atoms with Crippen molar-refractivity contribution in [1.29, 1.82) is 0 Å². The molecule has 0 aliphatic carbocycles. The first-order chi connectivity index (χ1) is 8.61. The van der Waals surface area contributed by atoms with E-state index in [1.807, 2.05) is 12.1 Å². The summed E-state index contributed by atoms with van der Waals surface area (Å²) in [6.45, 7) is 6.88. The number of halogens is 1. The molecule has 1 saturated heterocycles. The molecule has 4 heteroatoms. The second-order valence-electron chi connectivity index (χ2n) is 4.94. The summed E-state index contributed by atoms with van der Waals surface area (Å²) >= 11 is 0. The molecule has 1 heterocycles. The molecule has 3 nitrogen and oxygen atoms in total. The van der Waals surface area contributed by atoms with Crippen molar-refractivity contribution in [3.63, 3.8) is 0 Å². The number of benzene rings is 1. The van der Waals surface area contributed by atoms with E-state index in [9.17, 15) is 4.39 Å². The molecule has 0 saturated carbocycles. The molecule has 2 rings (SSSR count). The Bertz CT molecular complexity index is 411. The van der Waals surface area contributed by atoms with E-state index in [4.69, 9.17) is 10.5 Å². The number of hydrogen-bond donors (Lipinski definition) is 1. The fourth-order valence-corrected chi connectivity index (χ4v) is 2.50. The minimum atomic E-state index is -0.162. The molecular weight excluding hydrogens is 231 g/mol. The van der Waals surface area contributed by atoms with Crippen LogP contribution in [-0.2, 0) is 4.74 Å². The van der Waals surface area contributed by atoms with Gasteiger partial charge in [-0.15, -0.1) is 0 Å². The van der Waals surface area contributed by atoms with Crippen molar-refractivity contribution in [2.24, 2.45) is 5.73 Å². The number of hydrogen-bond acceptors (Lipinski definition) is 3. The van der Waals surface area contributed by atoms with E-state index in [1.54, 1.807) is 6.92 Å². The third-order valence-electron chi connectivity index (χ3n) is 3.50. The minimum absolute atomic E-state index is 0.149. The number of ether oxygens (including phenoxy) is 1. The lowest BCUT2D eigenvalue weighted by molar-refractivity contribution is -0.0333. The average Bonchev–Trinajstić information content (AvgIpc) is 2.35. The predicted molar refractivity (Wildman–Crippen MR) is 69.9 cm³/mol. The molecule has 100 valence electrons. The van der Waals surface area contributed by atoms with Crippen molar-refractivity contribution >= 4 is 0 Å². The highest BCUT2D eigenvalue weighted by atomic mass is 19.1. The highest BCUT2D eigenvalue weighted by molar-refractivity contribution is 5.27. The highest BCUT2D eigenvalue weighted by Gasteiger charge is 2.24. The SMILES string of the molecule is Cc1cc(C(CN)N2CCOC(C)C2)ccc1F. The van der Waals surface area contributed by atoms with Crippen molar-refractivity contribution in [3.8, 4) is 0 Å². The van der Waals surface area contributed by atoms with Crippen LogP contribution in [0.3, 0.4) is 0 Å². The van der Waals surface area contributed by atoms with Crippen molar-refractivity contribution in [1.82, 2.24) is 4.90 Å².